The number of rotatable bonds is 4. The van der Waals surface area contributed by atoms with Gasteiger partial charge < -0.3 is 15.4 Å². The van der Waals surface area contributed by atoms with E-state index in [9.17, 15) is 9.59 Å². The molecule has 70 valence electrons. The second-order valence-electron chi connectivity index (χ2n) is 2.34. The molecule has 0 saturated carbocycles. The van der Waals surface area contributed by atoms with Gasteiger partial charge in [0.2, 0.25) is 0 Å². The van der Waals surface area contributed by atoms with Crippen LogP contribution in [0.3, 0.4) is 0 Å². The van der Waals surface area contributed by atoms with Crippen LogP contribution in [0.15, 0.2) is 0 Å². The van der Waals surface area contributed by atoms with Gasteiger partial charge in [0.1, 0.15) is 6.54 Å². The van der Waals surface area contributed by atoms with Crippen molar-refractivity contribution in [2.75, 3.05) is 20.2 Å². The van der Waals surface area contributed by atoms with Crippen molar-refractivity contribution in [3.05, 3.63) is 0 Å². The summed E-state index contributed by atoms with van der Waals surface area (Å²) in [5.74, 6) is -0.456. The normalized spacial score (nSPS) is 9.17. The summed E-state index contributed by atoms with van der Waals surface area (Å²) < 4.78 is 4.39. The maximum atomic E-state index is 10.7. The Kier molecular flexibility index (Phi) is 4.83. The summed E-state index contributed by atoms with van der Waals surface area (Å²) in [5.41, 5.74) is 5.00. The summed E-state index contributed by atoms with van der Waals surface area (Å²) >= 11 is 0. The third kappa shape index (κ3) is 3.80. The molecule has 0 atom stereocenters. The lowest BCUT2D eigenvalue weighted by atomic mass is 10.4. The minimum Gasteiger partial charge on any atom is -0.468 e. The molecular weight excluding hydrogens is 160 g/mol. The molecule has 0 bridgehead atoms. The summed E-state index contributed by atoms with van der Waals surface area (Å²) in [6, 6.07) is -0.595. The molecule has 0 aromatic rings. The number of hydrogen-bond donors (Lipinski definition) is 1. The number of carbonyl (C=O) groups is 2. The van der Waals surface area contributed by atoms with Gasteiger partial charge in [-0.1, -0.05) is 6.92 Å². The smallest absolute Gasteiger partial charge is 0.325 e. The molecular formula is C7H14N2O3. The van der Waals surface area contributed by atoms with Crippen molar-refractivity contribution in [1.29, 1.82) is 0 Å². The maximum Gasteiger partial charge on any atom is 0.325 e. The van der Waals surface area contributed by atoms with Gasteiger partial charge in [-0.2, -0.15) is 0 Å². The molecule has 0 rings (SSSR count). The Morgan fingerprint density at radius 3 is 2.42 bits per heavy atom. The summed E-state index contributed by atoms with van der Waals surface area (Å²) in [6.45, 7) is 2.30. The second-order valence-corrected chi connectivity index (χ2v) is 2.34. The van der Waals surface area contributed by atoms with Gasteiger partial charge in [-0.25, -0.2) is 4.79 Å². The van der Waals surface area contributed by atoms with Crippen LogP contribution in [0.5, 0.6) is 0 Å². The topological polar surface area (TPSA) is 72.6 Å². The number of nitrogens with zero attached hydrogens (tertiary/aromatic N) is 1. The molecule has 2 amide bonds. The van der Waals surface area contributed by atoms with Gasteiger partial charge in [0.15, 0.2) is 0 Å². The van der Waals surface area contributed by atoms with Crippen molar-refractivity contribution in [3.8, 4) is 0 Å². The van der Waals surface area contributed by atoms with E-state index >= 15 is 0 Å². The molecule has 0 aromatic carbocycles. The fourth-order valence-electron chi connectivity index (χ4n) is 0.757. The predicted molar refractivity (Wildman–Crippen MR) is 43.5 cm³/mol. The number of amides is 2. The minimum atomic E-state index is -0.595. The van der Waals surface area contributed by atoms with Gasteiger partial charge in [-0.3, -0.25) is 4.79 Å². The number of ether oxygens (including phenoxy) is 1. The van der Waals surface area contributed by atoms with E-state index in [1.807, 2.05) is 6.92 Å². The molecule has 0 fully saturated rings. The van der Waals surface area contributed by atoms with E-state index in [-0.39, 0.29) is 6.54 Å². The molecule has 0 aliphatic rings. The summed E-state index contributed by atoms with van der Waals surface area (Å²) in [5, 5.41) is 0. The molecule has 0 unspecified atom stereocenters. The van der Waals surface area contributed by atoms with Gasteiger partial charge in [0.05, 0.1) is 7.11 Å². The molecule has 12 heavy (non-hydrogen) atoms. The number of methoxy groups -OCH3 is 1. The van der Waals surface area contributed by atoms with Gasteiger partial charge in [0, 0.05) is 6.54 Å². The second kappa shape index (κ2) is 5.40. The highest BCUT2D eigenvalue weighted by Crippen LogP contribution is 1.91. The standard InChI is InChI=1S/C7H14N2O3/c1-3-4-9(7(8)11)5-6(10)12-2/h3-5H2,1-2H3,(H2,8,11). The zero-order valence-corrected chi connectivity index (χ0v) is 7.37. The third-order valence-corrected chi connectivity index (χ3v) is 1.35. The number of carbonyl (C=O) groups excluding carboxylic acids is 2. The average Bonchev–Trinajstić information content (AvgIpc) is 2.03. The predicted octanol–water partition coefficient (Wildman–Crippen LogP) is -0.0499. The monoisotopic (exact) mass is 174 g/mol. The lowest BCUT2D eigenvalue weighted by Gasteiger charge is -2.17. The molecule has 5 heteroatoms. The van der Waals surface area contributed by atoms with E-state index in [1.165, 1.54) is 12.0 Å². The average molecular weight is 174 g/mol. The van der Waals surface area contributed by atoms with Crippen LogP contribution in [0.25, 0.3) is 0 Å². The zero-order valence-electron chi connectivity index (χ0n) is 7.37. The molecule has 0 spiro atoms. The largest absolute Gasteiger partial charge is 0.468 e. The first-order chi connectivity index (χ1) is 5.61. The molecule has 5 nitrogen and oxygen atoms in total. The van der Waals surface area contributed by atoms with Gasteiger partial charge in [-0.15, -0.1) is 0 Å². The summed E-state index contributed by atoms with van der Waals surface area (Å²) in [4.78, 5) is 22.7. The number of nitrogens with two attached hydrogens (primary N) is 1. The Morgan fingerprint density at radius 2 is 2.08 bits per heavy atom. The maximum absolute atomic E-state index is 10.7. The molecule has 2 N–H and O–H groups in total. The Labute approximate surface area is 71.5 Å². The zero-order chi connectivity index (χ0) is 9.56. The highest BCUT2D eigenvalue weighted by Gasteiger charge is 2.12. The van der Waals surface area contributed by atoms with Crippen molar-refractivity contribution in [2.24, 2.45) is 5.73 Å². The SMILES string of the molecule is CCCN(CC(=O)OC)C(N)=O. The van der Waals surface area contributed by atoms with Crippen LogP contribution in [0, 0.1) is 0 Å². The van der Waals surface area contributed by atoms with E-state index in [4.69, 9.17) is 5.73 Å². The first kappa shape index (κ1) is 10.7. The number of primary amides is 1. The van der Waals surface area contributed by atoms with E-state index in [0.29, 0.717) is 6.54 Å². The highest BCUT2D eigenvalue weighted by atomic mass is 16.5. The van der Waals surface area contributed by atoms with Crippen LogP contribution in [0.1, 0.15) is 13.3 Å². The first-order valence-electron chi connectivity index (χ1n) is 3.73. The Morgan fingerprint density at radius 1 is 1.50 bits per heavy atom. The lowest BCUT2D eigenvalue weighted by molar-refractivity contribution is -0.141. The van der Waals surface area contributed by atoms with E-state index < -0.39 is 12.0 Å². The van der Waals surface area contributed by atoms with Crippen LogP contribution in [0.2, 0.25) is 0 Å². The molecule has 0 aromatic heterocycles. The van der Waals surface area contributed by atoms with Crippen molar-refractivity contribution in [3.63, 3.8) is 0 Å². The summed E-state index contributed by atoms with van der Waals surface area (Å²) in [6.07, 6.45) is 0.764. The van der Waals surface area contributed by atoms with Crippen LogP contribution in [-0.4, -0.2) is 37.1 Å². The Bertz CT molecular complexity index is 168. The highest BCUT2D eigenvalue weighted by molar-refractivity contribution is 5.79. The van der Waals surface area contributed by atoms with Crippen molar-refractivity contribution in [1.82, 2.24) is 4.90 Å². The van der Waals surface area contributed by atoms with Gasteiger partial charge in [0.25, 0.3) is 0 Å². The van der Waals surface area contributed by atoms with Gasteiger partial charge in [-0.05, 0) is 6.42 Å². The van der Waals surface area contributed by atoms with Crippen molar-refractivity contribution >= 4 is 12.0 Å². The Balaban J connectivity index is 3.95. The van der Waals surface area contributed by atoms with Crippen LogP contribution < -0.4 is 5.73 Å². The van der Waals surface area contributed by atoms with Crippen LogP contribution in [0.4, 0.5) is 4.79 Å². The fourth-order valence-corrected chi connectivity index (χ4v) is 0.757. The number of hydrogen-bond acceptors (Lipinski definition) is 3. The van der Waals surface area contributed by atoms with Gasteiger partial charge >= 0.3 is 12.0 Å². The van der Waals surface area contributed by atoms with E-state index in [2.05, 4.69) is 4.74 Å². The molecule has 0 aliphatic carbocycles. The van der Waals surface area contributed by atoms with E-state index in [0.717, 1.165) is 6.42 Å². The molecule has 0 heterocycles. The number of urea groups is 1. The molecule has 0 saturated heterocycles. The first-order valence-corrected chi connectivity index (χ1v) is 3.73. The lowest BCUT2D eigenvalue weighted by Crippen LogP contribution is -2.40. The number of esters is 1. The minimum absolute atomic E-state index is 0.0698. The fraction of sp³-hybridized carbons (Fsp3) is 0.714. The Hall–Kier alpha value is -1.26. The van der Waals surface area contributed by atoms with Crippen LogP contribution >= 0.6 is 0 Å². The molecule has 0 radical (unpaired) electrons. The summed E-state index contributed by atoms with van der Waals surface area (Å²) in [7, 11) is 1.27. The quantitative estimate of drug-likeness (QED) is 0.607. The van der Waals surface area contributed by atoms with Crippen molar-refractivity contribution in [2.45, 2.75) is 13.3 Å². The third-order valence-electron chi connectivity index (χ3n) is 1.35. The van der Waals surface area contributed by atoms with Crippen LogP contribution in [-0.2, 0) is 9.53 Å². The molecule has 0 aliphatic heterocycles. The van der Waals surface area contributed by atoms with E-state index in [1.54, 1.807) is 0 Å². The van der Waals surface area contributed by atoms with Crippen molar-refractivity contribution < 1.29 is 14.3 Å².